The van der Waals surface area contributed by atoms with Gasteiger partial charge in [0.15, 0.2) is 0 Å². The van der Waals surface area contributed by atoms with Crippen LogP contribution in [0.4, 0.5) is 5.69 Å². The fourth-order valence-corrected chi connectivity index (χ4v) is 2.35. The minimum Gasteiger partial charge on any atom is -0.481 e. The van der Waals surface area contributed by atoms with Crippen LogP contribution in [0.15, 0.2) is 18.2 Å². The van der Waals surface area contributed by atoms with E-state index in [1.807, 2.05) is 0 Å². The summed E-state index contributed by atoms with van der Waals surface area (Å²) in [5, 5.41) is 19.7. The molecule has 7 nitrogen and oxygen atoms in total. The third kappa shape index (κ3) is 2.97. The molecule has 1 fully saturated rings. The zero-order chi connectivity index (χ0) is 15.7. The van der Waals surface area contributed by atoms with Crippen molar-refractivity contribution in [2.24, 2.45) is 11.8 Å². The summed E-state index contributed by atoms with van der Waals surface area (Å²) < 4.78 is 0. The number of nitrogens with zero attached hydrogens (tertiary/aromatic N) is 2. The average molecular weight is 313 g/mol. The summed E-state index contributed by atoms with van der Waals surface area (Å²) in [5.41, 5.74) is -0.147. The lowest BCUT2D eigenvalue weighted by atomic mass is 9.86. The summed E-state index contributed by atoms with van der Waals surface area (Å²) in [6.45, 7) is 2.27. The Bertz CT molecular complexity index is 613. The smallest absolute Gasteiger partial charge is 0.306 e. The minimum absolute atomic E-state index is 0.0301. The summed E-state index contributed by atoms with van der Waals surface area (Å²) >= 11 is 5.69. The van der Waals surface area contributed by atoms with Gasteiger partial charge in [-0.05, 0) is 12.1 Å². The number of carbonyl (C=O) groups is 2. The van der Waals surface area contributed by atoms with E-state index in [1.165, 1.54) is 17.0 Å². The van der Waals surface area contributed by atoms with Crippen LogP contribution in [-0.4, -0.2) is 39.9 Å². The molecule has 1 N–H and O–H groups in total. The van der Waals surface area contributed by atoms with Crippen molar-refractivity contribution in [2.75, 3.05) is 13.1 Å². The molecule has 8 heteroatoms. The second kappa shape index (κ2) is 5.69. The number of likely N-dealkylation sites (tertiary alicyclic amines) is 1. The first-order valence-corrected chi connectivity index (χ1v) is 6.65. The molecular weight excluding hydrogens is 300 g/mol. The average Bonchev–Trinajstić information content (AvgIpc) is 2.36. The molecule has 1 amide bonds. The Morgan fingerprint density at radius 2 is 2.10 bits per heavy atom. The highest BCUT2D eigenvalue weighted by Crippen LogP contribution is 2.29. The van der Waals surface area contributed by atoms with Crippen LogP contribution in [0.3, 0.4) is 0 Å². The van der Waals surface area contributed by atoms with E-state index in [0.717, 1.165) is 6.07 Å². The van der Waals surface area contributed by atoms with Gasteiger partial charge in [0.25, 0.3) is 11.6 Å². The fourth-order valence-electron chi connectivity index (χ4n) is 2.16. The number of halogens is 1. The third-order valence-electron chi connectivity index (χ3n) is 3.68. The van der Waals surface area contributed by atoms with Crippen molar-refractivity contribution >= 4 is 29.2 Å². The van der Waals surface area contributed by atoms with Gasteiger partial charge in [0.05, 0.1) is 10.8 Å². The number of rotatable bonds is 4. The zero-order valence-corrected chi connectivity index (χ0v) is 11.9. The Morgan fingerprint density at radius 1 is 1.48 bits per heavy atom. The number of carboxylic acid groups (broad SMARTS) is 1. The van der Waals surface area contributed by atoms with Crippen LogP contribution in [0.5, 0.6) is 0 Å². The number of aliphatic carboxylic acids is 1. The van der Waals surface area contributed by atoms with Crippen LogP contribution >= 0.6 is 11.6 Å². The second-order valence-electron chi connectivity index (χ2n) is 5.02. The maximum Gasteiger partial charge on any atom is 0.306 e. The lowest BCUT2D eigenvalue weighted by Crippen LogP contribution is -2.53. The molecule has 1 aromatic rings. The van der Waals surface area contributed by atoms with Gasteiger partial charge in [0, 0.05) is 30.6 Å². The van der Waals surface area contributed by atoms with Gasteiger partial charge in [-0.2, -0.15) is 0 Å². The Labute approximate surface area is 125 Å². The number of amides is 1. The predicted octanol–water partition coefficient (Wildman–Crippen LogP) is 2.04. The first-order valence-electron chi connectivity index (χ1n) is 6.27. The summed E-state index contributed by atoms with van der Waals surface area (Å²) in [6, 6.07) is 3.87. The van der Waals surface area contributed by atoms with Gasteiger partial charge in [0.2, 0.25) is 0 Å². The molecule has 21 heavy (non-hydrogen) atoms. The monoisotopic (exact) mass is 312 g/mol. The standard InChI is InChI=1S/C13H13ClN2O5/c1-7(13(18)19)9-5-15(6-9)12(17)8-2-3-10(14)11(4-8)16(20)21/h2-4,7,9H,5-6H2,1H3,(H,18,19). The van der Waals surface area contributed by atoms with E-state index < -0.39 is 16.8 Å². The summed E-state index contributed by atoms with van der Waals surface area (Å²) in [6.07, 6.45) is 0. The number of carbonyl (C=O) groups excluding carboxylic acids is 1. The lowest BCUT2D eigenvalue weighted by molar-refractivity contribution is -0.384. The summed E-state index contributed by atoms with van der Waals surface area (Å²) in [7, 11) is 0. The van der Waals surface area contributed by atoms with E-state index in [2.05, 4.69) is 0 Å². The summed E-state index contributed by atoms with van der Waals surface area (Å²) in [4.78, 5) is 34.6. The third-order valence-corrected chi connectivity index (χ3v) is 4.00. The van der Waals surface area contributed by atoms with E-state index in [1.54, 1.807) is 6.92 Å². The number of nitro benzene ring substituents is 1. The van der Waals surface area contributed by atoms with Crippen molar-refractivity contribution in [3.8, 4) is 0 Å². The Morgan fingerprint density at radius 3 is 2.62 bits per heavy atom. The lowest BCUT2D eigenvalue weighted by Gasteiger charge is -2.41. The van der Waals surface area contributed by atoms with E-state index in [-0.39, 0.29) is 28.1 Å². The van der Waals surface area contributed by atoms with Crippen molar-refractivity contribution in [1.29, 1.82) is 0 Å². The molecule has 0 aliphatic carbocycles. The van der Waals surface area contributed by atoms with Crippen molar-refractivity contribution in [2.45, 2.75) is 6.92 Å². The number of hydrogen-bond donors (Lipinski definition) is 1. The van der Waals surface area contributed by atoms with E-state index in [0.29, 0.717) is 13.1 Å². The largest absolute Gasteiger partial charge is 0.481 e. The predicted molar refractivity (Wildman–Crippen MR) is 74.3 cm³/mol. The maximum atomic E-state index is 12.2. The quantitative estimate of drug-likeness (QED) is 0.677. The van der Waals surface area contributed by atoms with Gasteiger partial charge in [0.1, 0.15) is 5.02 Å². The van der Waals surface area contributed by atoms with Gasteiger partial charge in [-0.3, -0.25) is 19.7 Å². The maximum absolute atomic E-state index is 12.2. The molecule has 0 radical (unpaired) electrons. The number of carboxylic acids is 1. The molecule has 1 aliphatic rings. The van der Waals surface area contributed by atoms with E-state index in [4.69, 9.17) is 16.7 Å². The molecule has 1 atom stereocenters. The van der Waals surface area contributed by atoms with Gasteiger partial charge in [-0.15, -0.1) is 0 Å². The molecular formula is C13H13ClN2O5. The van der Waals surface area contributed by atoms with Gasteiger partial charge in [-0.25, -0.2) is 0 Å². The molecule has 1 aromatic carbocycles. The Kier molecular flexibility index (Phi) is 4.13. The first-order chi connectivity index (χ1) is 9.81. The molecule has 0 saturated carbocycles. The van der Waals surface area contributed by atoms with Crippen LogP contribution in [0.1, 0.15) is 17.3 Å². The molecule has 1 heterocycles. The SMILES string of the molecule is CC(C(=O)O)C1CN(C(=O)c2ccc(Cl)c([N+](=O)[O-])c2)C1. The second-order valence-corrected chi connectivity index (χ2v) is 5.43. The van der Waals surface area contributed by atoms with Crippen LogP contribution in [0, 0.1) is 22.0 Å². The molecule has 1 unspecified atom stereocenters. The van der Waals surface area contributed by atoms with Crippen LogP contribution in [0.2, 0.25) is 5.02 Å². The van der Waals surface area contributed by atoms with Gasteiger partial charge >= 0.3 is 5.97 Å². The number of benzene rings is 1. The normalized spacial score (nSPS) is 16.2. The van der Waals surface area contributed by atoms with Crippen molar-refractivity contribution in [3.05, 3.63) is 38.9 Å². The zero-order valence-electron chi connectivity index (χ0n) is 11.2. The van der Waals surface area contributed by atoms with Crippen LogP contribution in [-0.2, 0) is 4.79 Å². The highest BCUT2D eigenvalue weighted by Gasteiger charge is 2.37. The molecule has 0 bridgehead atoms. The van der Waals surface area contributed by atoms with Crippen molar-refractivity contribution in [1.82, 2.24) is 4.90 Å². The minimum atomic E-state index is -0.894. The highest BCUT2D eigenvalue weighted by atomic mass is 35.5. The number of hydrogen-bond acceptors (Lipinski definition) is 4. The topological polar surface area (TPSA) is 101 Å². The highest BCUT2D eigenvalue weighted by molar-refractivity contribution is 6.32. The van der Waals surface area contributed by atoms with E-state index in [9.17, 15) is 19.7 Å². The first kappa shape index (κ1) is 15.2. The molecule has 0 aromatic heterocycles. The Balaban J connectivity index is 2.08. The molecule has 1 saturated heterocycles. The molecule has 2 rings (SSSR count). The van der Waals surface area contributed by atoms with Crippen LogP contribution in [0.25, 0.3) is 0 Å². The van der Waals surface area contributed by atoms with Gasteiger partial charge < -0.3 is 10.0 Å². The molecule has 0 spiro atoms. The molecule has 1 aliphatic heterocycles. The van der Waals surface area contributed by atoms with E-state index >= 15 is 0 Å². The molecule has 112 valence electrons. The van der Waals surface area contributed by atoms with Crippen molar-refractivity contribution in [3.63, 3.8) is 0 Å². The van der Waals surface area contributed by atoms with Crippen molar-refractivity contribution < 1.29 is 19.6 Å². The fraction of sp³-hybridized carbons (Fsp3) is 0.385. The Hall–Kier alpha value is -2.15. The van der Waals surface area contributed by atoms with Crippen LogP contribution < -0.4 is 0 Å². The van der Waals surface area contributed by atoms with Gasteiger partial charge in [-0.1, -0.05) is 18.5 Å². The summed E-state index contributed by atoms with van der Waals surface area (Å²) in [5.74, 6) is -1.86. The number of nitro groups is 1.